The maximum atomic E-state index is 4.71. The molecule has 0 radical (unpaired) electrons. The largest absolute Gasteiger partial charge is 0.339 e. The topological polar surface area (TPSA) is 45.2 Å². The average Bonchev–Trinajstić information content (AvgIpc) is 3.03. The first-order valence-electron chi connectivity index (χ1n) is 7.57. The zero-order valence-electron chi connectivity index (χ0n) is 12.7. The van der Waals surface area contributed by atoms with Crippen molar-refractivity contribution >= 4 is 17.5 Å². The van der Waals surface area contributed by atoms with Gasteiger partial charge in [-0.25, -0.2) is 0 Å². The van der Waals surface area contributed by atoms with Crippen LogP contribution >= 0.6 is 0 Å². The molecular formula is C16H21N5. The van der Waals surface area contributed by atoms with Crippen LogP contribution in [0.4, 0.5) is 17.5 Å². The molecule has 0 saturated carbocycles. The van der Waals surface area contributed by atoms with E-state index in [1.165, 1.54) is 18.4 Å². The predicted octanol–water partition coefficient (Wildman–Crippen LogP) is 2.94. The fourth-order valence-electron chi connectivity index (χ4n) is 2.74. The third-order valence-electron chi connectivity index (χ3n) is 3.83. The molecule has 0 bridgehead atoms. The minimum atomic E-state index is 0.746. The normalized spacial score (nSPS) is 14.5. The van der Waals surface area contributed by atoms with Gasteiger partial charge in [0.05, 0.1) is 6.20 Å². The average molecular weight is 283 g/mol. The van der Waals surface area contributed by atoms with E-state index in [0.29, 0.717) is 0 Å². The molecule has 0 amide bonds. The van der Waals surface area contributed by atoms with Gasteiger partial charge < -0.3 is 9.80 Å². The number of aromatic nitrogens is 3. The maximum Gasteiger partial charge on any atom is 0.247 e. The highest BCUT2D eigenvalue weighted by Crippen LogP contribution is 2.25. The molecular weight excluding hydrogens is 262 g/mol. The number of nitrogens with zero attached hydrogens (tertiary/aromatic N) is 5. The van der Waals surface area contributed by atoms with Gasteiger partial charge in [-0.05, 0) is 44.4 Å². The molecule has 1 saturated heterocycles. The highest BCUT2D eigenvalue weighted by Gasteiger charge is 2.17. The number of rotatable bonds is 4. The van der Waals surface area contributed by atoms with E-state index >= 15 is 0 Å². The third-order valence-corrected chi connectivity index (χ3v) is 3.83. The Labute approximate surface area is 125 Å². The first-order valence-corrected chi connectivity index (χ1v) is 7.57. The van der Waals surface area contributed by atoms with Gasteiger partial charge in [0.2, 0.25) is 5.95 Å². The Morgan fingerprint density at radius 2 is 2.05 bits per heavy atom. The molecule has 3 rings (SSSR count). The lowest BCUT2D eigenvalue weighted by Crippen LogP contribution is -2.23. The third kappa shape index (κ3) is 2.96. The Kier molecular flexibility index (Phi) is 3.99. The predicted molar refractivity (Wildman–Crippen MR) is 85.1 cm³/mol. The summed E-state index contributed by atoms with van der Waals surface area (Å²) < 4.78 is 0. The lowest BCUT2D eigenvalue weighted by molar-refractivity contribution is 0.836. The summed E-state index contributed by atoms with van der Waals surface area (Å²) in [6.45, 7) is 7.14. The zero-order chi connectivity index (χ0) is 14.7. The summed E-state index contributed by atoms with van der Waals surface area (Å²) in [5, 5.41) is 8.34. The van der Waals surface area contributed by atoms with Crippen molar-refractivity contribution in [3.8, 4) is 0 Å². The van der Waals surface area contributed by atoms with Crippen LogP contribution < -0.4 is 9.80 Å². The van der Waals surface area contributed by atoms with E-state index in [1.54, 1.807) is 6.20 Å². The van der Waals surface area contributed by atoms with Crippen LogP contribution in [0.3, 0.4) is 0 Å². The van der Waals surface area contributed by atoms with Crippen LogP contribution in [0.15, 0.2) is 30.5 Å². The standard InChI is InChI=1S/C16H21N5/c1-3-21(14-8-6-7-13(2)11-14)15-12-17-19-16(18-15)20-9-4-5-10-20/h6-8,11-12H,3-5,9-10H2,1-2H3. The lowest BCUT2D eigenvalue weighted by Gasteiger charge is -2.23. The number of benzene rings is 1. The van der Waals surface area contributed by atoms with Crippen LogP contribution in [0.25, 0.3) is 0 Å². The van der Waals surface area contributed by atoms with E-state index in [-0.39, 0.29) is 0 Å². The molecule has 2 heterocycles. The van der Waals surface area contributed by atoms with Crippen molar-refractivity contribution in [1.82, 2.24) is 15.2 Å². The van der Waals surface area contributed by atoms with E-state index in [0.717, 1.165) is 37.1 Å². The van der Waals surface area contributed by atoms with Crippen molar-refractivity contribution in [2.75, 3.05) is 29.4 Å². The van der Waals surface area contributed by atoms with Gasteiger partial charge in [0.25, 0.3) is 0 Å². The molecule has 21 heavy (non-hydrogen) atoms. The number of aryl methyl sites for hydroxylation is 1. The van der Waals surface area contributed by atoms with Gasteiger partial charge in [0.15, 0.2) is 5.82 Å². The molecule has 5 heteroatoms. The Bertz CT molecular complexity index is 607. The minimum absolute atomic E-state index is 0.746. The highest BCUT2D eigenvalue weighted by atomic mass is 15.4. The number of hydrogen-bond donors (Lipinski definition) is 0. The summed E-state index contributed by atoms with van der Waals surface area (Å²) in [7, 11) is 0. The van der Waals surface area contributed by atoms with E-state index in [1.807, 2.05) is 0 Å². The van der Waals surface area contributed by atoms with Crippen molar-refractivity contribution in [3.05, 3.63) is 36.0 Å². The van der Waals surface area contributed by atoms with Crippen LogP contribution in [-0.4, -0.2) is 34.8 Å². The van der Waals surface area contributed by atoms with Crippen molar-refractivity contribution in [3.63, 3.8) is 0 Å². The van der Waals surface area contributed by atoms with E-state index in [9.17, 15) is 0 Å². The number of hydrogen-bond acceptors (Lipinski definition) is 5. The van der Waals surface area contributed by atoms with Crippen molar-refractivity contribution < 1.29 is 0 Å². The summed E-state index contributed by atoms with van der Waals surface area (Å²) in [5.74, 6) is 1.61. The van der Waals surface area contributed by atoms with E-state index < -0.39 is 0 Å². The quantitative estimate of drug-likeness (QED) is 0.863. The maximum absolute atomic E-state index is 4.71. The Hall–Kier alpha value is -2.17. The molecule has 2 aromatic rings. The van der Waals surface area contributed by atoms with Crippen LogP contribution in [0, 0.1) is 6.92 Å². The molecule has 0 spiro atoms. The second-order valence-corrected chi connectivity index (χ2v) is 5.39. The zero-order valence-corrected chi connectivity index (χ0v) is 12.7. The second kappa shape index (κ2) is 6.08. The van der Waals surface area contributed by atoms with Crippen molar-refractivity contribution in [1.29, 1.82) is 0 Å². The molecule has 0 unspecified atom stereocenters. The van der Waals surface area contributed by atoms with Gasteiger partial charge in [0, 0.05) is 25.3 Å². The Balaban J connectivity index is 1.91. The van der Waals surface area contributed by atoms with Gasteiger partial charge in [0.1, 0.15) is 0 Å². The van der Waals surface area contributed by atoms with Gasteiger partial charge >= 0.3 is 0 Å². The summed E-state index contributed by atoms with van der Waals surface area (Å²) in [6.07, 6.45) is 4.16. The molecule has 1 fully saturated rings. The van der Waals surface area contributed by atoms with Crippen molar-refractivity contribution in [2.45, 2.75) is 26.7 Å². The van der Waals surface area contributed by atoms with E-state index in [2.05, 4.69) is 58.1 Å². The van der Waals surface area contributed by atoms with E-state index in [4.69, 9.17) is 4.98 Å². The molecule has 1 aliphatic heterocycles. The van der Waals surface area contributed by atoms with Crippen LogP contribution in [0.2, 0.25) is 0 Å². The molecule has 0 aliphatic carbocycles. The summed E-state index contributed by atoms with van der Waals surface area (Å²) >= 11 is 0. The molecule has 1 aromatic heterocycles. The minimum Gasteiger partial charge on any atom is -0.339 e. The summed E-state index contributed by atoms with van der Waals surface area (Å²) in [5.41, 5.74) is 2.39. The van der Waals surface area contributed by atoms with Gasteiger partial charge in [-0.15, -0.1) is 5.10 Å². The number of anilines is 3. The monoisotopic (exact) mass is 283 g/mol. The molecule has 1 aliphatic rings. The van der Waals surface area contributed by atoms with Crippen molar-refractivity contribution in [2.24, 2.45) is 0 Å². The molecule has 0 N–H and O–H groups in total. The lowest BCUT2D eigenvalue weighted by atomic mass is 10.2. The Morgan fingerprint density at radius 1 is 1.24 bits per heavy atom. The van der Waals surface area contributed by atoms with Crippen LogP contribution in [0.5, 0.6) is 0 Å². The van der Waals surface area contributed by atoms with Crippen LogP contribution in [-0.2, 0) is 0 Å². The summed E-state index contributed by atoms with van der Waals surface area (Å²) in [6, 6.07) is 8.45. The fourth-order valence-corrected chi connectivity index (χ4v) is 2.74. The van der Waals surface area contributed by atoms with Gasteiger partial charge in [-0.1, -0.05) is 12.1 Å². The molecule has 0 atom stereocenters. The first-order chi connectivity index (χ1) is 10.3. The highest BCUT2D eigenvalue weighted by molar-refractivity contribution is 5.60. The smallest absolute Gasteiger partial charge is 0.247 e. The van der Waals surface area contributed by atoms with Gasteiger partial charge in [-0.3, -0.25) is 0 Å². The van der Waals surface area contributed by atoms with Gasteiger partial charge in [-0.2, -0.15) is 10.1 Å². The summed E-state index contributed by atoms with van der Waals surface area (Å²) in [4.78, 5) is 9.09. The molecule has 5 nitrogen and oxygen atoms in total. The van der Waals surface area contributed by atoms with Crippen LogP contribution in [0.1, 0.15) is 25.3 Å². The second-order valence-electron chi connectivity index (χ2n) is 5.39. The Morgan fingerprint density at radius 3 is 2.76 bits per heavy atom. The SMILES string of the molecule is CCN(c1cccc(C)c1)c1cnnc(N2CCCC2)n1. The molecule has 1 aromatic carbocycles. The molecule has 110 valence electrons. The first kappa shape index (κ1) is 13.8. The fraction of sp³-hybridized carbons (Fsp3) is 0.438.